The minimum Gasteiger partial charge on any atom is -0.473 e. The number of aromatic nitrogens is 4. The minimum atomic E-state index is -0.00541. The Kier molecular flexibility index (Phi) is 7.41. The number of anilines is 1. The molecule has 2 heterocycles. The second-order valence-electron chi connectivity index (χ2n) is 4.14. The third kappa shape index (κ3) is 5.52. The summed E-state index contributed by atoms with van der Waals surface area (Å²) in [7, 11) is 1.68. The summed E-state index contributed by atoms with van der Waals surface area (Å²) in [4.78, 5) is 14.9. The van der Waals surface area contributed by atoms with Gasteiger partial charge in [0.15, 0.2) is 5.65 Å². The van der Waals surface area contributed by atoms with E-state index < -0.39 is 0 Å². The van der Waals surface area contributed by atoms with Gasteiger partial charge in [0.05, 0.1) is 12.4 Å². The van der Waals surface area contributed by atoms with E-state index in [2.05, 4.69) is 24.7 Å². The molecule has 0 saturated heterocycles. The van der Waals surface area contributed by atoms with Crippen LogP contribution in [-0.2, 0) is 9.47 Å². The molecule has 0 aromatic carbocycles. The molecule has 0 aliphatic heterocycles. The summed E-state index contributed by atoms with van der Waals surface area (Å²) in [5.74, 6) is 0.542. The number of ether oxygens (including phenoxy) is 3. The number of nitrogens with zero attached hydrogens (tertiary/aromatic N) is 3. The molecule has 2 aromatic heterocycles. The summed E-state index contributed by atoms with van der Waals surface area (Å²) in [6.07, 6.45) is 1.52. The molecular formula is C13H23N5O3. The first-order chi connectivity index (χ1) is 10.1. The second-order valence-corrected chi connectivity index (χ2v) is 4.14. The number of fused-ring (bicyclic) bond motifs is 1. The standard InChI is InChI=1S/C10H15N5O2.C3H8O/c1-3-16-6(2)4-17-9-7-8(13-5-12-7)14-10(11)15-9;1-3-4-2/h5-6H,3-4H2,1-2H3,(H3,11,12,13,14,15);3H2,1-2H3. The first kappa shape index (κ1) is 17.1. The summed E-state index contributed by atoms with van der Waals surface area (Å²) in [5.41, 5.74) is 6.70. The average Bonchev–Trinajstić information content (AvgIpc) is 2.93. The number of aromatic amines is 1. The molecular weight excluding hydrogens is 274 g/mol. The monoisotopic (exact) mass is 297 g/mol. The van der Waals surface area contributed by atoms with Crippen LogP contribution in [0.25, 0.3) is 11.2 Å². The highest BCUT2D eigenvalue weighted by Gasteiger charge is 2.11. The molecule has 0 bridgehead atoms. The van der Waals surface area contributed by atoms with E-state index in [1.54, 1.807) is 7.11 Å². The van der Waals surface area contributed by atoms with Gasteiger partial charge >= 0.3 is 0 Å². The molecule has 8 nitrogen and oxygen atoms in total. The van der Waals surface area contributed by atoms with Gasteiger partial charge in [-0.25, -0.2) is 4.98 Å². The predicted molar refractivity (Wildman–Crippen MR) is 80.2 cm³/mol. The van der Waals surface area contributed by atoms with Crippen LogP contribution >= 0.6 is 0 Å². The summed E-state index contributed by atoms with van der Waals surface area (Å²) in [6, 6.07) is 0. The number of nitrogens with one attached hydrogen (secondary N) is 1. The van der Waals surface area contributed by atoms with Crippen molar-refractivity contribution in [1.29, 1.82) is 0 Å². The molecule has 1 atom stereocenters. The molecule has 8 heteroatoms. The molecule has 118 valence electrons. The van der Waals surface area contributed by atoms with Gasteiger partial charge in [-0.1, -0.05) is 0 Å². The molecule has 0 radical (unpaired) electrons. The maximum absolute atomic E-state index is 5.56. The van der Waals surface area contributed by atoms with E-state index in [9.17, 15) is 0 Å². The van der Waals surface area contributed by atoms with E-state index in [1.165, 1.54) is 6.33 Å². The van der Waals surface area contributed by atoms with Crippen molar-refractivity contribution >= 4 is 17.1 Å². The van der Waals surface area contributed by atoms with E-state index in [0.29, 0.717) is 30.3 Å². The molecule has 2 rings (SSSR count). The number of hydrogen-bond acceptors (Lipinski definition) is 7. The molecule has 0 fully saturated rings. The Morgan fingerprint density at radius 2 is 2.00 bits per heavy atom. The highest BCUT2D eigenvalue weighted by atomic mass is 16.5. The molecule has 0 aliphatic rings. The van der Waals surface area contributed by atoms with Crippen molar-refractivity contribution in [3.8, 4) is 5.88 Å². The first-order valence-electron chi connectivity index (χ1n) is 6.82. The molecule has 0 amide bonds. The van der Waals surface area contributed by atoms with E-state index in [4.69, 9.17) is 15.2 Å². The van der Waals surface area contributed by atoms with Crippen LogP contribution in [0, 0.1) is 0 Å². The molecule has 3 N–H and O–H groups in total. The fourth-order valence-electron chi connectivity index (χ4n) is 1.46. The van der Waals surface area contributed by atoms with Crippen molar-refractivity contribution in [1.82, 2.24) is 19.9 Å². The largest absolute Gasteiger partial charge is 0.473 e. The maximum Gasteiger partial charge on any atom is 0.245 e. The van der Waals surface area contributed by atoms with E-state index in [1.807, 2.05) is 20.8 Å². The van der Waals surface area contributed by atoms with E-state index in [-0.39, 0.29) is 12.1 Å². The average molecular weight is 297 g/mol. The Balaban J connectivity index is 0.000000491. The van der Waals surface area contributed by atoms with Crippen LogP contribution in [0.3, 0.4) is 0 Å². The van der Waals surface area contributed by atoms with Gasteiger partial charge in [-0.05, 0) is 20.8 Å². The molecule has 0 aliphatic carbocycles. The van der Waals surface area contributed by atoms with Crippen molar-refractivity contribution in [3.63, 3.8) is 0 Å². The Morgan fingerprint density at radius 1 is 1.29 bits per heavy atom. The van der Waals surface area contributed by atoms with Gasteiger partial charge in [-0.2, -0.15) is 9.97 Å². The van der Waals surface area contributed by atoms with Gasteiger partial charge in [-0.3, -0.25) is 0 Å². The van der Waals surface area contributed by atoms with Gasteiger partial charge in [-0.15, -0.1) is 0 Å². The van der Waals surface area contributed by atoms with Crippen molar-refractivity contribution in [2.75, 3.05) is 32.7 Å². The van der Waals surface area contributed by atoms with Crippen molar-refractivity contribution in [2.24, 2.45) is 0 Å². The third-order valence-electron chi connectivity index (χ3n) is 2.46. The summed E-state index contributed by atoms with van der Waals surface area (Å²) in [5, 5.41) is 0. The zero-order valence-electron chi connectivity index (χ0n) is 12.9. The Hall–Kier alpha value is -1.93. The van der Waals surface area contributed by atoms with Crippen LogP contribution in [0.15, 0.2) is 6.33 Å². The lowest BCUT2D eigenvalue weighted by atomic mass is 10.4. The highest BCUT2D eigenvalue weighted by molar-refractivity contribution is 5.76. The molecule has 2 aromatic rings. The quantitative estimate of drug-likeness (QED) is 0.829. The van der Waals surface area contributed by atoms with Crippen LogP contribution in [0.5, 0.6) is 5.88 Å². The smallest absolute Gasteiger partial charge is 0.245 e. The van der Waals surface area contributed by atoms with Gasteiger partial charge in [0.2, 0.25) is 11.8 Å². The van der Waals surface area contributed by atoms with Crippen molar-refractivity contribution in [3.05, 3.63) is 6.33 Å². The van der Waals surface area contributed by atoms with Crippen LogP contribution in [0.1, 0.15) is 20.8 Å². The summed E-state index contributed by atoms with van der Waals surface area (Å²) in [6.45, 7) is 7.69. The van der Waals surface area contributed by atoms with Crippen LogP contribution in [0.2, 0.25) is 0 Å². The topological polar surface area (TPSA) is 108 Å². The SMILES string of the molecule is CCOC.CCOC(C)COc1nc(N)nc2nc[nH]c12. The normalized spacial score (nSPS) is 11.8. The lowest BCUT2D eigenvalue weighted by Gasteiger charge is -2.12. The first-order valence-corrected chi connectivity index (χ1v) is 6.82. The Labute approximate surface area is 124 Å². The molecule has 21 heavy (non-hydrogen) atoms. The zero-order chi connectivity index (χ0) is 15.7. The van der Waals surface area contributed by atoms with Gasteiger partial charge in [0.1, 0.15) is 12.1 Å². The molecule has 0 saturated carbocycles. The number of rotatable bonds is 6. The number of hydrogen-bond donors (Lipinski definition) is 2. The van der Waals surface area contributed by atoms with Crippen LogP contribution in [0.4, 0.5) is 5.95 Å². The van der Waals surface area contributed by atoms with E-state index in [0.717, 1.165) is 6.61 Å². The number of nitrogen functional groups attached to an aromatic ring is 1. The highest BCUT2D eigenvalue weighted by Crippen LogP contribution is 2.19. The fraction of sp³-hybridized carbons (Fsp3) is 0.615. The third-order valence-corrected chi connectivity index (χ3v) is 2.46. The summed E-state index contributed by atoms with van der Waals surface area (Å²) < 4.78 is 15.4. The zero-order valence-corrected chi connectivity index (χ0v) is 12.9. The van der Waals surface area contributed by atoms with Crippen LogP contribution in [-0.4, -0.2) is 53.0 Å². The number of H-pyrrole nitrogens is 1. The van der Waals surface area contributed by atoms with E-state index >= 15 is 0 Å². The summed E-state index contributed by atoms with van der Waals surface area (Å²) >= 11 is 0. The molecule has 1 unspecified atom stereocenters. The Bertz CT molecular complexity index is 530. The minimum absolute atomic E-state index is 0.00541. The lowest BCUT2D eigenvalue weighted by molar-refractivity contribution is 0.0394. The lowest BCUT2D eigenvalue weighted by Crippen LogP contribution is -2.18. The second kappa shape index (κ2) is 9.09. The maximum atomic E-state index is 5.56. The Morgan fingerprint density at radius 3 is 2.62 bits per heavy atom. The molecule has 0 spiro atoms. The number of methoxy groups -OCH3 is 1. The predicted octanol–water partition coefficient (Wildman–Crippen LogP) is 1.39. The number of imidazole rings is 1. The van der Waals surface area contributed by atoms with Crippen molar-refractivity contribution in [2.45, 2.75) is 26.9 Å². The van der Waals surface area contributed by atoms with Gasteiger partial charge < -0.3 is 24.9 Å². The van der Waals surface area contributed by atoms with Crippen LogP contribution < -0.4 is 10.5 Å². The fourth-order valence-corrected chi connectivity index (χ4v) is 1.46. The number of nitrogens with two attached hydrogens (primary N) is 1. The van der Waals surface area contributed by atoms with Gasteiger partial charge in [0.25, 0.3) is 0 Å². The van der Waals surface area contributed by atoms with Crippen molar-refractivity contribution < 1.29 is 14.2 Å². The van der Waals surface area contributed by atoms with Gasteiger partial charge in [0, 0.05) is 20.3 Å².